The van der Waals surface area contributed by atoms with Gasteiger partial charge in [0, 0.05) is 0 Å². The zero-order valence-electron chi connectivity index (χ0n) is 8.31. The van der Waals surface area contributed by atoms with Crippen molar-refractivity contribution in [2.24, 2.45) is 0 Å². The SMILES string of the molecule is COC(=O)c1ccc(C(C)(C)O)nn1. The van der Waals surface area contributed by atoms with E-state index in [1.54, 1.807) is 19.9 Å². The van der Waals surface area contributed by atoms with Gasteiger partial charge in [-0.1, -0.05) is 0 Å². The second-order valence-corrected chi connectivity index (χ2v) is 3.35. The lowest BCUT2D eigenvalue weighted by molar-refractivity contribution is 0.0584. The minimum atomic E-state index is -1.05. The van der Waals surface area contributed by atoms with Crippen molar-refractivity contribution in [3.05, 3.63) is 23.5 Å². The number of aliphatic hydroxyl groups is 1. The van der Waals surface area contributed by atoms with Crippen molar-refractivity contribution in [1.82, 2.24) is 10.2 Å². The monoisotopic (exact) mass is 196 g/mol. The Morgan fingerprint density at radius 1 is 1.43 bits per heavy atom. The molecule has 1 aromatic rings. The van der Waals surface area contributed by atoms with Gasteiger partial charge < -0.3 is 9.84 Å². The Labute approximate surface area is 81.7 Å². The van der Waals surface area contributed by atoms with E-state index in [9.17, 15) is 9.90 Å². The minimum absolute atomic E-state index is 0.125. The summed E-state index contributed by atoms with van der Waals surface area (Å²) in [5, 5.41) is 16.9. The molecule has 0 aliphatic rings. The number of ether oxygens (including phenoxy) is 1. The smallest absolute Gasteiger partial charge is 0.358 e. The van der Waals surface area contributed by atoms with Crippen LogP contribution in [-0.4, -0.2) is 28.4 Å². The average molecular weight is 196 g/mol. The molecule has 0 aliphatic carbocycles. The van der Waals surface area contributed by atoms with Crippen molar-refractivity contribution >= 4 is 5.97 Å². The second kappa shape index (κ2) is 3.71. The van der Waals surface area contributed by atoms with Gasteiger partial charge in [-0.05, 0) is 26.0 Å². The molecule has 0 saturated carbocycles. The van der Waals surface area contributed by atoms with Gasteiger partial charge in [0.25, 0.3) is 0 Å². The first-order chi connectivity index (χ1) is 6.45. The highest BCUT2D eigenvalue weighted by Crippen LogP contribution is 2.15. The highest BCUT2D eigenvalue weighted by atomic mass is 16.5. The van der Waals surface area contributed by atoms with Crippen molar-refractivity contribution in [1.29, 1.82) is 0 Å². The number of carbonyl (C=O) groups is 1. The third-order valence-corrected chi connectivity index (χ3v) is 1.69. The van der Waals surface area contributed by atoms with Gasteiger partial charge in [0.1, 0.15) is 5.60 Å². The third kappa shape index (κ3) is 2.26. The zero-order chi connectivity index (χ0) is 10.8. The van der Waals surface area contributed by atoms with E-state index in [4.69, 9.17) is 0 Å². The topological polar surface area (TPSA) is 72.3 Å². The molecule has 0 aliphatic heterocycles. The van der Waals surface area contributed by atoms with Crippen LogP contribution in [0.2, 0.25) is 0 Å². The molecule has 0 unspecified atom stereocenters. The molecular formula is C9H12N2O3. The molecule has 76 valence electrons. The van der Waals surface area contributed by atoms with Crippen LogP contribution in [0, 0.1) is 0 Å². The highest BCUT2D eigenvalue weighted by Gasteiger charge is 2.19. The van der Waals surface area contributed by atoms with Gasteiger partial charge in [-0.2, -0.15) is 5.10 Å². The molecule has 0 bridgehead atoms. The number of esters is 1. The van der Waals surface area contributed by atoms with Crippen LogP contribution in [0.4, 0.5) is 0 Å². The molecule has 0 aromatic carbocycles. The van der Waals surface area contributed by atoms with Gasteiger partial charge >= 0.3 is 5.97 Å². The molecule has 1 N–H and O–H groups in total. The van der Waals surface area contributed by atoms with Crippen LogP contribution in [0.5, 0.6) is 0 Å². The fourth-order valence-electron chi connectivity index (χ4n) is 0.872. The largest absolute Gasteiger partial charge is 0.464 e. The number of aromatic nitrogens is 2. The van der Waals surface area contributed by atoms with Crippen LogP contribution >= 0.6 is 0 Å². The Bertz CT molecular complexity index is 327. The van der Waals surface area contributed by atoms with Crippen molar-refractivity contribution in [3.8, 4) is 0 Å². The van der Waals surface area contributed by atoms with Gasteiger partial charge in [-0.25, -0.2) is 4.79 Å². The molecule has 1 heterocycles. The van der Waals surface area contributed by atoms with E-state index in [0.29, 0.717) is 5.69 Å². The summed E-state index contributed by atoms with van der Waals surface area (Å²) in [6.45, 7) is 3.18. The maximum Gasteiger partial charge on any atom is 0.358 e. The van der Waals surface area contributed by atoms with Crippen molar-refractivity contribution in [3.63, 3.8) is 0 Å². The first-order valence-corrected chi connectivity index (χ1v) is 4.10. The zero-order valence-corrected chi connectivity index (χ0v) is 8.31. The van der Waals surface area contributed by atoms with Gasteiger partial charge in [0.2, 0.25) is 0 Å². The predicted octanol–water partition coefficient (Wildman–Crippen LogP) is 0.491. The molecular weight excluding hydrogens is 184 g/mol. The normalized spacial score (nSPS) is 11.1. The number of rotatable bonds is 2. The third-order valence-electron chi connectivity index (χ3n) is 1.69. The number of nitrogens with zero attached hydrogens (tertiary/aromatic N) is 2. The fourth-order valence-corrected chi connectivity index (χ4v) is 0.872. The molecule has 0 atom stereocenters. The summed E-state index contributed by atoms with van der Waals surface area (Å²) in [6.07, 6.45) is 0. The number of hydrogen-bond donors (Lipinski definition) is 1. The van der Waals surface area contributed by atoms with Crippen LogP contribution in [-0.2, 0) is 10.3 Å². The Morgan fingerprint density at radius 3 is 2.43 bits per heavy atom. The van der Waals surface area contributed by atoms with E-state index in [1.807, 2.05) is 0 Å². The maximum atomic E-state index is 11.0. The molecule has 0 saturated heterocycles. The molecule has 0 amide bonds. The van der Waals surface area contributed by atoms with Crippen LogP contribution in [0.25, 0.3) is 0 Å². The lowest BCUT2D eigenvalue weighted by atomic mass is 10.1. The van der Waals surface area contributed by atoms with E-state index >= 15 is 0 Å². The Balaban J connectivity index is 2.95. The predicted molar refractivity (Wildman–Crippen MR) is 48.6 cm³/mol. The molecule has 0 radical (unpaired) electrons. The van der Waals surface area contributed by atoms with Gasteiger partial charge in [-0.15, -0.1) is 5.10 Å². The van der Waals surface area contributed by atoms with E-state index in [-0.39, 0.29) is 5.69 Å². The Hall–Kier alpha value is -1.49. The van der Waals surface area contributed by atoms with E-state index in [0.717, 1.165) is 0 Å². The minimum Gasteiger partial charge on any atom is -0.464 e. The number of methoxy groups -OCH3 is 1. The quantitative estimate of drug-likeness (QED) is 0.697. The number of carbonyl (C=O) groups excluding carboxylic acids is 1. The summed E-state index contributed by atoms with van der Waals surface area (Å²) in [7, 11) is 1.27. The molecule has 5 heteroatoms. The number of hydrogen-bond acceptors (Lipinski definition) is 5. The standard InChI is InChI=1S/C9H12N2O3/c1-9(2,13)7-5-4-6(10-11-7)8(12)14-3/h4-5,13H,1-3H3. The van der Waals surface area contributed by atoms with Crippen LogP contribution in [0.15, 0.2) is 12.1 Å². The van der Waals surface area contributed by atoms with Gasteiger partial charge in [0.15, 0.2) is 5.69 Å². The first kappa shape index (κ1) is 10.6. The van der Waals surface area contributed by atoms with E-state index < -0.39 is 11.6 Å². The summed E-state index contributed by atoms with van der Waals surface area (Å²) in [4.78, 5) is 11.0. The van der Waals surface area contributed by atoms with Crippen LogP contribution < -0.4 is 0 Å². The Kier molecular flexibility index (Phi) is 2.81. The molecule has 1 rings (SSSR count). The molecule has 0 spiro atoms. The van der Waals surface area contributed by atoms with Crippen molar-refractivity contribution in [2.75, 3.05) is 7.11 Å². The summed E-state index contributed by atoms with van der Waals surface area (Å²) in [6, 6.07) is 3.01. The second-order valence-electron chi connectivity index (χ2n) is 3.35. The van der Waals surface area contributed by atoms with Crippen LogP contribution in [0.3, 0.4) is 0 Å². The lowest BCUT2D eigenvalue weighted by Crippen LogP contribution is -2.19. The van der Waals surface area contributed by atoms with Crippen LogP contribution in [0.1, 0.15) is 30.0 Å². The molecule has 0 fully saturated rings. The Morgan fingerprint density at radius 2 is 2.07 bits per heavy atom. The lowest BCUT2D eigenvalue weighted by Gasteiger charge is -2.14. The van der Waals surface area contributed by atoms with Crippen molar-refractivity contribution in [2.45, 2.75) is 19.4 Å². The maximum absolute atomic E-state index is 11.0. The summed E-state index contributed by atoms with van der Waals surface area (Å²) >= 11 is 0. The fraction of sp³-hybridized carbons (Fsp3) is 0.444. The van der Waals surface area contributed by atoms with Gasteiger partial charge in [-0.3, -0.25) is 0 Å². The summed E-state index contributed by atoms with van der Waals surface area (Å²) in [5.41, 5.74) is -0.521. The molecule has 1 aromatic heterocycles. The molecule has 14 heavy (non-hydrogen) atoms. The first-order valence-electron chi connectivity index (χ1n) is 4.10. The summed E-state index contributed by atoms with van der Waals surface area (Å²) < 4.78 is 4.46. The highest BCUT2D eigenvalue weighted by molar-refractivity contribution is 5.86. The van der Waals surface area contributed by atoms with E-state index in [2.05, 4.69) is 14.9 Å². The van der Waals surface area contributed by atoms with Crippen molar-refractivity contribution < 1.29 is 14.6 Å². The molecule has 5 nitrogen and oxygen atoms in total. The summed E-state index contributed by atoms with van der Waals surface area (Å²) in [5.74, 6) is -0.542. The average Bonchev–Trinajstić information content (AvgIpc) is 2.15. The van der Waals surface area contributed by atoms with E-state index in [1.165, 1.54) is 13.2 Å². The van der Waals surface area contributed by atoms with Gasteiger partial charge in [0.05, 0.1) is 12.8 Å².